The van der Waals surface area contributed by atoms with Gasteiger partial charge in [-0.05, 0) is 59.8 Å². The van der Waals surface area contributed by atoms with Gasteiger partial charge in [-0.3, -0.25) is 9.59 Å². The number of carboxylic acid groups (broad SMARTS) is 1. The first-order chi connectivity index (χ1) is 16.4. The molecule has 0 heterocycles. The second kappa shape index (κ2) is 9.12. The normalized spacial score (nSPS) is 21.5. The molecule has 0 aliphatic heterocycles. The summed E-state index contributed by atoms with van der Waals surface area (Å²) < 4.78 is 5.64. The van der Waals surface area contributed by atoms with E-state index in [1.54, 1.807) is 0 Å². The maximum atomic E-state index is 12.6. The van der Waals surface area contributed by atoms with Crippen LogP contribution in [0, 0.1) is 11.8 Å². The van der Waals surface area contributed by atoms with Crippen LogP contribution in [0.5, 0.6) is 0 Å². The fraction of sp³-hybridized carbons (Fsp3) is 0.444. The van der Waals surface area contributed by atoms with Crippen molar-refractivity contribution in [2.75, 3.05) is 13.2 Å². The number of aliphatic carboxylic acids is 1. The number of carbonyl (C=O) groups is 3. The van der Waals surface area contributed by atoms with E-state index in [1.165, 1.54) is 22.3 Å². The van der Waals surface area contributed by atoms with E-state index in [9.17, 15) is 14.4 Å². The molecule has 0 aromatic heterocycles. The van der Waals surface area contributed by atoms with Crippen LogP contribution in [0.15, 0.2) is 48.5 Å². The highest BCUT2D eigenvalue weighted by Crippen LogP contribution is 2.45. The molecule has 7 heteroatoms. The third kappa shape index (κ3) is 4.79. The van der Waals surface area contributed by atoms with Crippen molar-refractivity contribution in [1.82, 2.24) is 10.6 Å². The highest BCUT2D eigenvalue weighted by molar-refractivity contribution is 5.80. The summed E-state index contributed by atoms with van der Waals surface area (Å²) in [5, 5.41) is 14.7. The Kier molecular flexibility index (Phi) is 6.02. The summed E-state index contributed by atoms with van der Waals surface area (Å²) in [5.41, 5.74) is 4.18. The van der Waals surface area contributed by atoms with Crippen LogP contribution < -0.4 is 10.6 Å². The quantitative estimate of drug-likeness (QED) is 0.521. The second-order valence-electron chi connectivity index (χ2n) is 10.0. The third-order valence-electron chi connectivity index (χ3n) is 7.45. The van der Waals surface area contributed by atoms with Gasteiger partial charge >= 0.3 is 12.1 Å². The Morgan fingerprint density at radius 3 is 2.15 bits per heavy atom. The van der Waals surface area contributed by atoms with Crippen molar-refractivity contribution in [2.24, 2.45) is 11.8 Å². The van der Waals surface area contributed by atoms with E-state index < -0.39 is 17.6 Å². The average Bonchev–Trinajstić information content (AvgIpc) is 3.45. The number of hydrogen-bond donors (Lipinski definition) is 3. The summed E-state index contributed by atoms with van der Waals surface area (Å²) in [4.78, 5) is 35.8. The molecule has 178 valence electrons. The molecule has 2 aromatic carbocycles. The van der Waals surface area contributed by atoms with Crippen LogP contribution in [0.4, 0.5) is 4.79 Å². The lowest BCUT2D eigenvalue weighted by Crippen LogP contribution is -2.43. The molecule has 2 aromatic rings. The monoisotopic (exact) mass is 462 g/mol. The molecule has 2 saturated carbocycles. The lowest BCUT2D eigenvalue weighted by Gasteiger charge is -2.34. The van der Waals surface area contributed by atoms with E-state index in [2.05, 4.69) is 34.9 Å². The number of hydrogen-bond acceptors (Lipinski definition) is 4. The van der Waals surface area contributed by atoms with Crippen molar-refractivity contribution in [3.63, 3.8) is 0 Å². The molecule has 0 bridgehead atoms. The molecule has 3 aliphatic rings. The number of ether oxygens (including phenoxy) is 1. The average molecular weight is 463 g/mol. The molecular formula is C27H30N2O5. The molecule has 0 unspecified atom stereocenters. The Hall–Kier alpha value is -3.35. The Morgan fingerprint density at radius 2 is 1.56 bits per heavy atom. The van der Waals surface area contributed by atoms with Gasteiger partial charge in [0.15, 0.2) is 0 Å². The molecule has 3 aliphatic carbocycles. The van der Waals surface area contributed by atoms with Crippen LogP contribution in [-0.4, -0.2) is 41.8 Å². The van der Waals surface area contributed by atoms with E-state index in [-0.39, 0.29) is 37.2 Å². The van der Waals surface area contributed by atoms with Gasteiger partial charge in [0.2, 0.25) is 5.91 Å². The maximum Gasteiger partial charge on any atom is 0.407 e. The molecule has 0 radical (unpaired) electrons. The number of fused-ring (bicyclic) bond motifs is 3. The first kappa shape index (κ1) is 22.4. The summed E-state index contributed by atoms with van der Waals surface area (Å²) >= 11 is 0. The van der Waals surface area contributed by atoms with E-state index in [1.807, 2.05) is 24.3 Å². The highest BCUT2D eigenvalue weighted by Gasteiger charge is 2.46. The lowest BCUT2D eigenvalue weighted by molar-refractivity contribution is -0.139. The number of benzene rings is 2. The van der Waals surface area contributed by atoms with Gasteiger partial charge < -0.3 is 20.5 Å². The Morgan fingerprint density at radius 1 is 0.941 bits per heavy atom. The molecule has 3 N–H and O–H groups in total. The van der Waals surface area contributed by atoms with Gasteiger partial charge in [-0.25, -0.2) is 4.79 Å². The molecule has 5 rings (SSSR count). The van der Waals surface area contributed by atoms with Gasteiger partial charge in [-0.2, -0.15) is 0 Å². The van der Waals surface area contributed by atoms with Crippen molar-refractivity contribution in [3.05, 3.63) is 59.7 Å². The number of alkyl carbamates (subject to hydrolysis) is 1. The predicted molar refractivity (Wildman–Crippen MR) is 126 cm³/mol. The van der Waals surface area contributed by atoms with Crippen molar-refractivity contribution >= 4 is 18.0 Å². The number of amides is 2. The largest absolute Gasteiger partial charge is 0.481 e. The minimum absolute atomic E-state index is 0.00373. The van der Waals surface area contributed by atoms with Crippen molar-refractivity contribution in [1.29, 1.82) is 0 Å². The summed E-state index contributed by atoms with van der Waals surface area (Å²) in [6, 6.07) is 16.4. The van der Waals surface area contributed by atoms with Crippen LogP contribution >= 0.6 is 0 Å². The van der Waals surface area contributed by atoms with E-state index >= 15 is 0 Å². The van der Waals surface area contributed by atoms with Gasteiger partial charge in [-0.15, -0.1) is 0 Å². The van der Waals surface area contributed by atoms with Crippen molar-refractivity contribution < 1.29 is 24.2 Å². The predicted octanol–water partition coefficient (Wildman–Crippen LogP) is 4.06. The maximum absolute atomic E-state index is 12.6. The minimum atomic E-state index is -0.762. The van der Waals surface area contributed by atoms with Crippen LogP contribution in [0.25, 0.3) is 11.1 Å². The molecule has 2 amide bonds. The minimum Gasteiger partial charge on any atom is -0.481 e. The van der Waals surface area contributed by atoms with Crippen LogP contribution in [0.1, 0.15) is 55.6 Å². The summed E-state index contributed by atoms with van der Waals surface area (Å²) in [6.07, 6.45) is 3.16. The van der Waals surface area contributed by atoms with E-state index in [0.29, 0.717) is 12.5 Å². The van der Waals surface area contributed by atoms with Gasteiger partial charge in [-0.1, -0.05) is 48.5 Å². The zero-order chi connectivity index (χ0) is 23.7. The Balaban J connectivity index is 1.08. The summed E-state index contributed by atoms with van der Waals surface area (Å²) in [5.74, 6) is -0.271. The number of nitrogens with one attached hydrogen (secondary N) is 2. The third-order valence-corrected chi connectivity index (χ3v) is 7.45. The van der Waals surface area contributed by atoms with Crippen LogP contribution in [0.3, 0.4) is 0 Å². The van der Waals surface area contributed by atoms with Gasteiger partial charge in [0.25, 0.3) is 0 Å². The second-order valence-corrected chi connectivity index (χ2v) is 10.0. The SMILES string of the molecule is O=C(O)CC1CC(CNC(=O)CC2(NC(=O)OCC3c4ccccc4-c4ccccc43)CC2)C1. The Bertz CT molecular complexity index is 1060. The molecule has 7 nitrogen and oxygen atoms in total. The van der Waals surface area contributed by atoms with Crippen LogP contribution in [-0.2, 0) is 14.3 Å². The summed E-state index contributed by atoms with van der Waals surface area (Å²) in [6.45, 7) is 0.817. The molecular weight excluding hydrogens is 432 g/mol. The fourth-order valence-corrected chi connectivity index (χ4v) is 5.43. The topological polar surface area (TPSA) is 105 Å². The fourth-order valence-electron chi connectivity index (χ4n) is 5.43. The standard InChI is InChI=1S/C27H30N2O5/c30-24(28-15-18-11-17(12-18)13-25(31)32)14-27(9-10-27)29-26(33)34-16-23-21-7-3-1-5-19(21)20-6-2-4-8-22(20)23/h1-8,17-18,23H,9-16H2,(H,28,30)(H,29,33)(H,31,32). The van der Waals surface area contributed by atoms with E-state index in [4.69, 9.17) is 9.84 Å². The van der Waals surface area contributed by atoms with Gasteiger partial charge in [0.05, 0.1) is 5.54 Å². The molecule has 2 fully saturated rings. The first-order valence-electron chi connectivity index (χ1n) is 12.0. The number of carboxylic acids is 1. The first-order valence-corrected chi connectivity index (χ1v) is 12.0. The zero-order valence-electron chi connectivity index (χ0n) is 19.1. The number of carbonyl (C=O) groups excluding carboxylic acids is 2. The molecule has 34 heavy (non-hydrogen) atoms. The summed E-state index contributed by atoms with van der Waals surface area (Å²) in [7, 11) is 0. The van der Waals surface area contributed by atoms with Crippen molar-refractivity contribution in [2.45, 2.75) is 50.0 Å². The van der Waals surface area contributed by atoms with Crippen LogP contribution in [0.2, 0.25) is 0 Å². The lowest BCUT2D eigenvalue weighted by atomic mass is 9.73. The van der Waals surface area contributed by atoms with Crippen molar-refractivity contribution in [3.8, 4) is 11.1 Å². The number of rotatable bonds is 9. The molecule has 0 saturated heterocycles. The smallest absolute Gasteiger partial charge is 0.407 e. The zero-order valence-corrected chi connectivity index (χ0v) is 19.1. The Labute approximate surface area is 198 Å². The van der Waals surface area contributed by atoms with Gasteiger partial charge in [0, 0.05) is 25.3 Å². The molecule has 0 atom stereocenters. The highest BCUT2D eigenvalue weighted by atomic mass is 16.5. The molecule has 0 spiro atoms. The van der Waals surface area contributed by atoms with E-state index in [0.717, 1.165) is 25.7 Å². The van der Waals surface area contributed by atoms with Gasteiger partial charge in [0.1, 0.15) is 6.61 Å².